The topological polar surface area (TPSA) is 89.9 Å². The molecule has 0 aliphatic heterocycles. The fourth-order valence-electron chi connectivity index (χ4n) is 2.42. The lowest BCUT2D eigenvalue weighted by Gasteiger charge is -2.14. The Hall–Kier alpha value is -2.84. The van der Waals surface area contributed by atoms with Crippen molar-refractivity contribution in [2.24, 2.45) is 0 Å². The largest absolute Gasteiger partial charge is 0.472 e. The van der Waals surface area contributed by atoms with Crippen molar-refractivity contribution in [1.82, 2.24) is 20.2 Å². The van der Waals surface area contributed by atoms with Gasteiger partial charge in [-0.05, 0) is 36.0 Å². The smallest absolute Gasteiger partial charge is 0.295 e. The highest BCUT2D eigenvalue weighted by molar-refractivity contribution is 7.17. The van der Waals surface area contributed by atoms with Crippen LogP contribution in [-0.2, 0) is 0 Å². The Balaban J connectivity index is 2.08. The summed E-state index contributed by atoms with van der Waals surface area (Å²) in [6, 6.07) is 3.46. The summed E-state index contributed by atoms with van der Waals surface area (Å²) < 4.78 is 4.99. The van der Waals surface area contributed by atoms with Crippen LogP contribution in [0, 0.1) is 6.92 Å². The Labute approximate surface area is 158 Å². The second-order valence-electron chi connectivity index (χ2n) is 5.15. The van der Waals surface area contributed by atoms with Gasteiger partial charge in [-0.15, -0.1) is 5.10 Å². The number of nitrogens with one attached hydrogen (secondary N) is 1. The number of carbonyl (C=O) groups is 1. The molecule has 3 heterocycles. The maximum Gasteiger partial charge on any atom is 0.295 e. The minimum atomic E-state index is -0.373. The van der Waals surface area contributed by atoms with Crippen molar-refractivity contribution in [3.63, 3.8) is 0 Å². The van der Waals surface area contributed by atoms with Gasteiger partial charge in [-0.2, -0.15) is 0 Å². The maximum atomic E-state index is 12.8. The minimum absolute atomic E-state index is 0.325. The van der Waals surface area contributed by atoms with Crippen LogP contribution in [0.3, 0.4) is 0 Å². The molecule has 0 radical (unpaired) electrons. The van der Waals surface area contributed by atoms with E-state index in [1.807, 2.05) is 6.92 Å². The second-order valence-corrected chi connectivity index (χ2v) is 6.48. The molecule has 3 rings (SSSR count). The van der Waals surface area contributed by atoms with E-state index in [2.05, 4.69) is 32.1 Å². The lowest BCUT2D eigenvalue weighted by molar-refractivity contribution is 0.102. The summed E-state index contributed by atoms with van der Waals surface area (Å²) >= 11 is 7.15. The van der Waals surface area contributed by atoms with Gasteiger partial charge in [0.15, 0.2) is 0 Å². The van der Waals surface area contributed by atoms with Gasteiger partial charge in [0.05, 0.1) is 12.7 Å². The van der Waals surface area contributed by atoms with Crippen molar-refractivity contribution in [3.8, 4) is 16.3 Å². The van der Waals surface area contributed by atoms with Crippen LogP contribution in [0.4, 0.5) is 5.13 Å². The number of amides is 1. The first-order valence-electron chi connectivity index (χ1n) is 7.46. The molecular formula is C17H14ClN5O2S. The number of pyridine rings is 2. The molecule has 1 amide bonds. The van der Waals surface area contributed by atoms with Gasteiger partial charge in [-0.1, -0.05) is 29.4 Å². The Morgan fingerprint density at radius 2 is 2.19 bits per heavy atom. The van der Waals surface area contributed by atoms with Gasteiger partial charge in [-0.3, -0.25) is 15.1 Å². The Morgan fingerprint density at radius 1 is 1.38 bits per heavy atom. The summed E-state index contributed by atoms with van der Waals surface area (Å²) in [6.45, 7) is 5.69. The summed E-state index contributed by atoms with van der Waals surface area (Å²) in [7, 11) is 1.48. The second kappa shape index (κ2) is 7.59. The lowest BCUT2D eigenvalue weighted by Crippen LogP contribution is -2.15. The molecule has 26 heavy (non-hydrogen) atoms. The molecule has 0 atom stereocenters. The predicted octanol–water partition coefficient (Wildman–Crippen LogP) is 3.86. The molecule has 7 nitrogen and oxygen atoms in total. The third kappa shape index (κ3) is 3.56. The molecule has 0 aromatic carbocycles. The highest BCUT2D eigenvalue weighted by Crippen LogP contribution is 2.32. The zero-order valence-corrected chi connectivity index (χ0v) is 15.6. The molecule has 3 aromatic rings. The molecule has 0 saturated heterocycles. The number of ether oxygens (including phenoxy) is 1. The molecule has 0 fully saturated rings. The molecule has 132 valence electrons. The number of hydrogen-bond donors (Lipinski definition) is 1. The number of aryl methyl sites for hydroxylation is 1. The first kappa shape index (κ1) is 18.0. The Kier molecular flexibility index (Phi) is 5.24. The van der Waals surface area contributed by atoms with Crippen LogP contribution in [0.2, 0.25) is 5.15 Å². The number of rotatable bonds is 5. The number of carbonyl (C=O) groups excluding carboxylic acids is 1. The van der Waals surface area contributed by atoms with Gasteiger partial charge < -0.3 is 4.74 Å². The van der Waals surface area contributed by atoms with E-state index in [0.29, 0.717) is 26.6 Å². The van der Waals surface area contributed by atoms with Gasteiger partial charge in [0.1, 0.15) is 5.15 Å². The summed E-state index contributed by atoms with van der Waals surface area (Å²) in [5.74, 6) is -0.373. The van der Waals surface area contributed by atoms with Crippen LogP contribution in [0.1, 0.15) is 21.6 Å². The van der Waals surface area contributed by atoms with Crippen LogP contribution in [0.5, 0.6) is 5.19 Å². The van der Waals surface area contributed by atoms with Crippen molar-refractivity contribution in [1.29, 1.82) is 0 Å². The highest BCUT2D eigenvalue weighted by Gasteiger charge is 2.20. The van der Waals surface area contributed by atoms with Gasteiger partial charge >= 0.3 is 0 Å². The van der Waals surface area contributed by atoms with E-state index in [0.717, 1.165) is 28.2 Å². The van der Waals surface area contributed by atoms with E-state index in [9.17, 15) is 4.79 Å². The Bertz CT molecular complexity index is 989. The van der Waals surface area contributed by atoms with E-state index in [1.165, 1.54) is 13.3 Å². The van der Waals surface area contributed by atoms with Gasteiger partial charge in [0, 0.05) is 29.2 Å². The van der Waals surface area contributed by atoms with Crippen LogP contribution >= 0.6 is 22.9 Å². The number of anilines is 1. The highest BCUT2D eigenvalue weighted by atomic mass is 35.5. The molecule has 0 aliphatic carbocycles. The molecule has 1 N–H and O–H groups in total. The van der Waals surface area contributed by atoms with E-state index in [4.69, 9.17) is 16.3 Å². The van der Waals surface area contributed by atoms with Gasteiger partial charge in [0.2, 0.25) is 5.13 Å². The standard InChI is InChI=1S/C17H14ClN5O2S/c1-4-11-9(2)20-8-12(14(11)10-5-6-19-13(18)7-10)15(24)21-16-22-23-17(25-3)26-16/h4-8H,1H2,2-3H3,(H,21,22,24). The number of nitrogens with zero attached hydrogens (tertiary/aromatic N) is 4. The molecule has 0 unspecified atom stereocenters. The van der Waals surface area contributed by atoms with Crippen LogP contribution in [0.25, 0.3) is 17.2 Å². The van der Waals surface area contributed by atoms with Crippen molar-refractivity contribution < 1.29 is 9.53 Å². The van der Waals surface area contributed by atoms with E-state index in [-0.39, 0.29) is 5.91 Å². The van der Waals surface area contributed by atoms with E-state index < -0.39 is 0 Å². The maximum absolute atomic E-state index is 12.8. The zero-order chi connectivity index (χ0) is 18.7. The summed E-state index contributed by atoms with van der Waals surface area (Å²) in [5, 5.41) is 11.4. The SMILES string of the molecule is C=Cc1c(C)ncc(C(=O)Nc2nnc(OC)s2)c1-c1ccnc(Cl)c1. The van der Waals surface area contributed by atoms with Crippen molar-refractivity contribution in [3.05, 3.63) is 53.1 Å². The fourth-order valence-corrected chi connectivity index (χ4v) is 3.15. The molecule has 0 spiro atoms. The summed E-state index contributed by atoms with van der Waals surface area (Å²) in [5.41, 5.74) is 3.27. The normalized spacial score (nSPS) is 10.4. The summed E-state index contributed by atoms with van der Waals surface area (Å²) in [6.07, 6.45) is 4.76. The van der Waals surface area contributed by atoms with E-state index >= 15 is 0 Å². The first-order chi connectivity index (χ1) is 12.5. The van der Waals surface area contributed by atoms with Crippen LogP contribution in [-0.4, -0.2) is 33.2 Å². The Morgan fingerprint density at radius 3 is 2.85 bits per heavy atom. The molecule has 0 bridgehead atoms. The van der Waals surface area contributed by atoms with Gasteiger partial charge in [-0.25, -0.2) is 4.98 Å². The molecular weight excluding hydrogens is 374 g/mol. The average molecular weight is 388 g/mol. The number of methoxy groups -OCH3 is 1. The van der Waals surface area contributed by atoms with Gasteiger partial charge in [0.25, 0.3) is 11.1 Å². The lowest BCUT2D eigenvalue weighted by atomic mass is 9.95. The molecule has 3 aromatic heterocycles. The minimum Gasteiger partial charge on any atom is -0.472 e. The number of hydrogen-bond acceptors (Lipinski definition) is 7. The molecule has 9 heteroatoms. The predicted molar refractivity (Wildman–Crippen MR) is 102 cm³/mol. The number of aromatic nitrogens is 4. The third-order valence-electron chi connectivity index (χ3n) is 3.58. The third-order valence-corrected chi connectivity index (χ3v) is 4.59. The van der Waals surface area contributed by atoms with Crippen molar-refractivity contribution in [2.45, 2.75) is 6.92 Å². The quantitative estimate of drug-likeness (QED) is 0.668. The zero-order valence-electron chi connectivity index (χ0n) is 14.0. The summed E-state index contributed by atoms with van der Waals surface area (Å²) in [4.78, 5) is 21.1. The number of halogens is 1. The van der Waals surface area contributed by atoms with Crippen LogP contribution in [0.15, 0.2) is 31.1 Å². The van der Waals surface area contributed by atoms with Crippen molar-refractivity contribution >= 4 is 40.1 Å². The van der Waals surface area contributed by atoms with Crippen LogP contribution < -0.4 is 10.1 Å². The van der Waals surface area contributed by atoms with E-state index in [1.54, 1.807) is 24.4 Å². The molecule has 0 aliphatic rings. The first-order valence-corrected chi connectivity index (χ1v) is 8.65. The fraction of sp³-hybridized carbons (Fsp3) is 0.118. The monoisotopic (exact) mass is 387 g/mol. The molecule has 0 saturated carbocycles. The van der Waals surface area contributed by atoms with Crippen molar-refractivity contribution in [2.75, 3.05) is 12.4 Å². The average Bonchev–Trinajstić information content (AvgIpc) is 3.08.